The molecule has 0 spiro atoms. The highest BCUT2D eigenvalue weighted by atomic mass is 35.5. The highest BCUT2D eigenvalue weighted by Gasteiger charge is 2.04. The van der Waals surface area contributed by atoms with E-state index in [2.05, 4.69) is 10.4 Å². The smallest absolute Gasteiger partial charge is 0.0674 e. The summed E-state index contributed by atoms with van der Waals surface area (Å²) >= 11 is 12.0. The molecule has 1 aromatic carbocycles. The van der Waals surface area contributed by atoms with Crippen LogP contribution in [0, 0.1) is 0 Å². The number of nitrogens with zero attached hydrogens (tertiary/aromatic N) is 2. The highest BCUT2D eigenvalue weighted by molar-refractivity contribution is 6.35. The van der Waals surface area contributed by atoms with Crippen LogP contribution in [0.5, 0.6) is 0 Å². The lowest BCUT2D eigenvalue weighted by atomic mass is 10.2. The molecular weight excluding hydrogens is 297 g/mol. The summed E-state index contributed by atoms with van der Waals surface area (Å²) < 4.78 is 6.84. The normalized spacial score (nSPS) is 10.9. The molecule has 20 heavy (non-hydrogen) atoms. The van der Waals surface area contributed by atoms with Gasteiger partial charge in [0.25, 0.3) is 0 Å². The number of benzene rings is 1. The molecule has 0 saturated heterocycles. The summed E-state index contributed by atoms with van der Waals surface area (Å²) in [6, 6.07) is 5.50. The van der Waals surface area contributed by atoms with Crippen molar-refractivity contribution in [2.24, 2.45) is 0 Å². The van der Waals surface area contributed by atoms with Crippen LogP contribution in [0.4, 0.5) is 0 Å². The minimum absolute atomic E-state index is 0.633. The Bertz CT molecular complexity index is 557. The maximum absolute atomic E-state index is 6.15. The first-order valence-corrected chi connectivity index (χ1v) is 7.09. The van der Waals surface area contributed by atoms with Crippen LogP contribution >= 0.6 is 23.2 Å². The van der Waals surface area contributed by atoms with Crippen LogP contribution in [-0.4, -0.2) is 30.0 Å². The van der Waals surface area contributed by atoms with Crippen molar-refractivity contribution in [3.8, 4) is 0 Å². The predicted molar refractivity (Wildman–Crippen MR) is 81.4 cm³/mol. The van der Waals surface area contributed by atoms with Gasteiger partial charge in [0.05, 0.1) is 19.3 Å². The highest BCUT2D eigenvalue weighted by Crippen LogP contribution is 2.21. The average Bonchev–Trinajstić information content (AvgIpc) is 2.86. The van der Waals surface area contributed by atoms with Gasteiger partial charge >= 0.3 is 0 Å². The van der Waals surface area contributed by atoms with Gasteiger partial charge in [0, 0.05) is 42.0 Å². The monoisotopic (exact) mass is 313 g/mol. The number of rotatable bonds is 7. The molecule has 0 bridgehead atoms. The standard InChI is InChI=1S/C14H17Cl2N3O/c1-20-5-4-17-7-11-8-18-19(9-11)10-12-2-3-13(15)6-14(12)16/h2-3,6,8-9,17H,4-5,7,10H2,1H3. The zero-order chi connectivity index (χ0) is 14.4. The zero-order valence-electron chi connectivity index (χ0n) is 11.3. The lowest BCUT2D eigenvalue weighted by Crippen LogP contribution is -2.18. The largest absolute Gasteiger partial charge is 0.383 e. The molecule has 2 rings (SSSR count). The number of methoxy groups -OCH3 is 1. The number of aromatic nitrogens is 2. The van der Waals surface area contributed by atoms with E-state index in [0.717, 1.165) is 24.2 Å². The summed E-state index contributed by atoms with van der Waals surface area (Å²) in [6.07, 6.45) is 3.86. The van der Waals surface area contributed by atoms with Crippen LogP contribution < -0.4 is 5.32 Å². The van der Waals surface area contributed by atoms with Crippen LogP contribution in [0.15, 0.2) is 30.6 Å². The van der Waals surface area contributed by atoms with Crippen LogP contribution in [0.25, 0.3) is 0 Å². The third-order valence-electron chi connectivity index (χ3n) is 2.85. The maximum Gasteiger partial charge on any atom is 0.0674 e. The molecule has 1 heterocycles. The number of halogens is 2. The Morgan fingerprint density at radius 1 is 1.35 bits per heavy atom. The number of nitrogens with one attached hydrogen (secondary N) is 1. The van der Waals surface area contributed by atoms with Gasteiger partial charge in [-0.3, -0.25) is 4.68 Å². The summed E-state index contributed by atoms with van der Waals surface area (Å²) in [5, 5.41) is 8.91. The van der Waals surface area contributed by atoms with E-state index in [1.807, 2.05) is 29.2 Å². The number of ether oxygens (including phenoxy) is 1. The molecule has 4 nitrogen and oxygen atoms in total. The fraction of sp³-hybridized carbons (Fsp3) is 0.357. The van der Waals surface area contributed by atoms with Crippen LogP contribution in [0.2, 0.25) is 10.0 Å². The molecule has 0 aliphatic heterocycles. The van der Waals surface area contributed by atoms with E-state index < -0.39 is 0 Å². The molecule has 1 N–H and O–H groups in total. The molecule has 0 fully saturated rings. The zero-order valence-corrected chi connectivity index (χ0v) is 12.8. The molecule has 0 aliphatic carbocycles. The minimum atomic E-state index is 0.633. The Balaban J connectivity index is 1.92. The summed E-state index contributed by atoms with van der Waals surface area (Å²) in [5.74, 6) is 0. The molecule has 0 unspecified atom stereocenters. The Hall–Kier alpha value is -1.07. The van der Waals surface area contributed by atoms with Gasteiger partial charge in [-0.1, -0.05) is 29.3 Å². The van der Waals surface area contributed by atoms with Gasteiger partial charge in [0.2, 0.25) is 0 Å². The third kappa shape index (κ3) is 4.49. The Labute approximate surface area is 128 Å². The summed E-state index contributed by atoms with van der Waals surface area (Å²) in [4.78, 5) is 0. The van der Waals surface area contributed by atoms with Crippen LogP contribution in [-0.2, 0) is 17.8 Å². The number of hydrogen-bond donors (Lipinski definition) is 1. The van der Waals surface area contributed by atoms with E-state index >= 15 is 0 Å². The predicted octanol–water partition coefficient (Wildman–Crippen LogP) is 2.97. The fourth-order valence-corrected chi connectivity index (χ4v) is 2.28. The number of hydrogen-bond acceptors (Lipinski definition) is 3. The van der Waals surface area contributed by atoms with Crippen molar-refractivity contribution in [2.75, 3.05) is 20.3 Å². The van der Waals surface area contributed by atoms with E-state index in [9.17, 15) is 0 Å². The molecular formula is C14H17Cl2N3O. The molecule has 0 aliphatic rings. The van der Waals surface area contributed by atoms with Gasteiger partial charge in [-0.25, -0.2) is 0 Å². The first-order valence-electron chi connectivity index (χ1n) is 6.34. The SMILES string of the molecule is COCCNCc1cnn(Cc2ccc(Cl)cc2Cl)c1. The first-order chi connectivity index (χ1) is 9.69. The lowest BCUT2D eigenvalue weighted by Gasteiger charge is -2.05. The van der Waals surface area contributed by atoms with Crippen molar-refractivity contribution in [2.45, 2.75) is 13.1 Å². The molecule has 0 saturated carbocycles. The van der Waals surface area contributed by atoms with Gasteiger partial charge in [-0.2, -0.15) is 5.10 Å². The Kier molecular flexibility index (Phi) is 5.86. The van der Waals surface area contributed by atoms with Crippen molar-refractivity contribution < 1.29 is 4.74 Å². The van der Waals surface area contributed by atoms with Crippen LogP contribution in [0.1, 0.15) is 11.1 Å². The van der Waals surface area contributed by atoms with Crippen LogP contribution in [0.3, 0.4) is 0 Å². The molecule has 0 amide bonds. The molecule has 1 aromatic heterocycles. The third-order valence-corrected chi connectivity index (χ3v) is 3.43. The molecule has 6 heteroatoms. The van der Waals surface area contributed by atoms with Crippen molar-refractivity contribution >= 4 is 23.2 Å². The van der Waals surface area contributed by atoms with Gasteiger partial charge in [-0.05, 0) is 17.7 Å². The van der Waals surface area contributed by atoms with Crippen molar-refractivity contribution in [3.05, 3.63) is 51.8 Å². The second-order valence-electron chi connectivity index (χ2n) is 4.45. The minimum Gasteiger partial charge on any atom is -0.383 e. The molecule has 2 aromatic rings. The van der Waals surface area contributed by atoms with Gasteiger partial charge in [0.15, 0.2) is 0 Å². The van der Waals surface area contributed by atoms with Gasteiger partial charge < -0.3 is 10.1 Å². The summed E-state index contributed by atoms with van der Waals surface area (Å²) in [6.45, 7) is 2.94. The van der Waals surface area contributed by atoms with E-state index in [-0.39, 0.29) is 0 Å². The van der Waals surface area contributed by atoms with Crippen molar-refractivity contribution in [1.82, 2.24) is 15.1 Å². The second-order valence-corrected chi connectivity index (χ2v) is 5.30. The molecule has 0 radical (unpaired) electrons. The topological polar surface area (TPSA) is 39.1 Å². The quantitative estimate of drug-likeness (QED) is 0.799. The van der Waals surface area contributed by atoms with Gasteiger partial charge in [-0.15, -0.1) is 0 Å². The summed E-state index contributed by atoms with van der Waals surface area (Å²) in [5.41, 5.74) is 2.13. The van der Waals surface area contributed by atoms with E-state index in [4.69, 9.17) is 27.9 Å². The average molecular weight is 314 g/mol. The summed E-state index contributed by atoms with van der Waals surface area (Å²) in [7, 11) is 1.69. The molecule has 0 atom stereocenters. The van der Waals surface area contributed by atoms with E-state index in [1.165, 1.54) is 0 Å². The van der Waals surface area contributed by atoms with E-state index in [0.29, 0.717) is 23.2 Å². The maximum atomic E-state index is 6.15. The van der Waals surface area contributed by atoms with E-state index in [1.54, 1.807) is 13.2 Å². The fourth-order valence-electron chi connectivity index (χ4n) is 1.82. The second kappa shape index (κ2) is 7.64. The first kappa shape index (κ1) is 15.3. The Morgan fingerprint density at radius 2 is 2.20 bits per heavy atom. The van der Waals surface area contributed by atoms with Crippen molar-refractivity contribution in [3.63, 3.8) is 0 Å². The van der Waals surface area contributed by atoms with Crippen molar-refractivity contribution in [1.29, 1.82) is 0 Å². The van der Waals surface area contributed by atoms with Gasteiger partial charge in [0.1, 0.15) is 0 Å². The Morgan fingerprint density at radius 3 is 2.95 bits per heavy atom. The lowest BCUT2D eigenvalue weighted by molar-refractivity contribution is 0.199. The molecule has 108 valence electrons.